The number of nitrogens with one attached hydrogen (secondary N) is 3. The summed E-state index contributed by atoms with van der Waals surface area (Å²) in [7, 11) is 0. The second kappa shape index (κ2) is 11.3. The molecule has 2 aromatic heterocycles. The van der Waals surface area contributed by atoms with Gasteiger partial charge in [-0.3, -0.25) is 9.48 Å². The molecule has 0 saturated heterocycles. The molecule has 186 valence electrons. The van der Waals surface area contributed by atoms with Crippen molar-refractivity contribution >= 4 is 23.2 Å². The van der Waals surface area contributed by atoms with Crippen LogP contribution in [0.15, 0.2) is 48.9 Å². The van der Waals surface area contributed by atoms with Crippen LogP contribution in [0.5, 0.6) is 0 Å². The van der Waals surface area contributed by atoms with Gasteiger partial charge in [0.15, 0.2) is 0 Å². The van der Waals surface area contributed by atoms with E-state index in [1.54, 1.807) is 6.20 Å². The van der Waals surface area contributed by atoms with E-state index >= 15 is 0 Å². The molecule has 2 fully saturated rings. The topological polar surface area (TPSA) is 121 Å². The van der Waals surface area contributed by atoms with E-state index in [1.807, 2.05) is 47.4 Å². The molecule has 3 aromatic rings. The van der Waals surface area contributed by atoms with Crippen LogP contribution in [0.1, 0.15) is 51.0 Å². The minimum Gasteiger partial charge on any atom is -0.325 e. The molecule has 0 radical (unpaired) electrons. The van der Waals surface area contributed by atoms with Gasteiger partial charge in [-0.1, -0.05) is 12.8 Å². The van der Waals surface area contributed by atoms with E-state index < -0.39 is 0 Å². The standard InChI is InChI=1S/C27H32N8O/c28-13-11-25(20-3-1-2-4-20)35-18-21(16-31-35)24-12-14-30-27(34-24)33-23-9-7-22(8-10-23)32-26(36)17-29-15-19-5-6-19/h7-10,12,14,16,18-20,25,29H,1-6,11,15,17H2,(H,32,36)(H,30,33,34). The number of anilines is 3. The van der Waals surface area contributed by atoms with Crippen LogP contribution in [0, 0.1) is 23.2 Å². The number of hydrogen-bond donors (Lipinski definition) is 3. The van der Waals surface area contributed by atoms with E-state index in [-0.39, 0.29) is 11.9 Å². The summed E-state index contributed by atoms with van der Waals surface area (Å²) in [5.41, 5.74) is 3.23. The van der Waals surface area contributed by atoms with Gasteiger partial charge in [-0.2, -0.15) is 10.4 Å². The van der Waals surface area contributed by atoms with Crippen LogP contribution >= 0.6 is 0 Å². The molecule has 0 aliphatic heterocycles. The summed E-state index contributed by atoms with van der Waals surface area (Å²) in [4.78, 5) is 21.1. The molecule has 0 spiro atoms. The monoisotopic (exact) mass is 484 g/mol. The first-order valence-electron chi connectivity index (χ1n) is 12.8. The largest absolute Gasteiger partial charge is 0.325 e. The van der Waals surface area contributed by atoms with Gasteiger partial charge in [-0.15, -0.1) is 0 Å². The van der Waals surface area contributed by atoms with E-state index in [4.69, 9.17) is 0 Å². The first-order chi connectivity index (χ1) is 17.7. The average Bonchev–Trinajstić information content (AvgIpc) is 3.33. The van der Waals surface area contributed by atoms with Gasteiger partial charge in [0.2, 0.25) is 11.9 Å². The van der Waals surface area contributed by atoms with Crippen LogP contribution in [-0.4, -0.2) is 38.7 Å². The third-order valence-corrected chi connectivity index (χ3v) is 6.98. The quantitative estimate of drug-likeness (QED) is 0.362. The molecule has 1 atom stereocenters. The Labute approximate surface area is 211 Å². The molecule has 1 aromatic carbocycles. The number of benzene rings is 1. The highest BCUT2D eigenvalue weighted by atomic mass is 16.1. The van der Waals surface area contributed by atoms with Gasteiger partial charge in [0.1, 0.15) is 0 Å². The minimum atomic E-state index is -0.0436. The third kappa shape index (κ3) is 6.26. The Hall–Kier alpha value is -3.77. The van der Waals surface area contributed by atoms with Crippen molar-refractivity contribution < 1.29 is 4.79 Å². The van der Waals surface area contributed by atoms with E-state index in [0.717, 1.165) is 47.9 Å². The van der Waals surface area contributed by atoms with Crippen molar-refractivity contribution in [2.75, 3.05) is 23.7 Å². The third-order valence-electron chi connectivity index (χ3n) is 6.98. The fraction of sp³-hybridized carbons (Fsp3) is 0.444. The van der Waals surface area contributed by atoms with Crippen molar-refractivity contribution in [1.82, 2.24) is 25.1 Å². The first kappa shape index (κ1) is 23.9. The predicted molar refractivity (Wildman–Crippen MR) is 138 cm³/mol. The van der Waals surface area contributed by atoms with Crippen molar-refractivity contribution in [3.8, 4) is 17.3 Å². The molecular weight excluding hydrogens is 452 g/mol. The lowest BCUT2D eigenvalue weighted by molar-refractivity contribution is -0.115. The maximum absolute atomic E-state index is 12.1. The lowest BCUT2D eigenvalue weighted by Gasteiger charge is -2.21. The molecule has 5 rings (SSSR count). The Morgan fingerprint density at radius 2 is 1.89 bits per heavy atom. The van der Waals surface area contributed by atoms with Crippen LogP contribution < -0.4 is 16.0 Å². The highest BCUT2D eigenvalue weighted by Gasteiger charge is 2.27. The van der Waals surface area contributed by atoms with E-state index in [0.29, 0.717) is 24.8 Å². The van der Waals surface area contributed by atoms with E-state index in [1.165, 1.54) is 25.7 Å². The van der Waals surface area contributed by atoms with Crippen molar-refractivity contribution in [2.45, 2.75) is 51.0 Å². The fourth-order valence-corrected chi connectivity index (χ4v) is 4.83. The molecule has 3 N–H and O–H groups in total. The van der Waals surface area contributed by atoms with Crippen molar-refractivity contribution in [3.05, 3.63) is 48.9 Å². The number of carbonyl (C=O) groups is 1. The Morgan fingerprint density at radius 3 is 2.64 bits per heavy atom. The lowest BCUT2D eigenvalue weighted by Crippen LogP contribution is -2.29. The summed E-state index contributed by atoms with van der Waals surface area (Å²) in [6.45, 7) is 1.24. The van der Waals surface area contributed by atoms with Crippen LogP contribution in [-0.2, 0) is 4.79 Å². The second-order valence-electron chi connectivity index (χ2n) is 9.77. The summed E-state index contributed by atoms with van der Waals surface area (Å²) in [6.07, 6.45) is 13.3. The van der Waals surface area contributed by atoms with Gasteiger partial charge in [0.05, 0.1) is 37.0 Å². The Balaban J connectivity index is 1.19. The predicted octanol–water partition coefficient (Wildman–Crippen LogP) is 4.67. The summed E-state index contributed by atoms with van der Waals surface area (Å²) >= 11 is 0. The molecule has 2 aliphatic carbocycles. The van der Waals surface area contributed by atoms with Crippen LogP contribution in [0.4, 0.5) is 17.3 Å². The zero-order valence-electron chi connectivity index (χ0n) is 20.4. The molecule has 1 unspecified atom stereocenters. The summed E-state index contributed by atoms with van der Waals surface area (Å²) < 4.78 is 1.94. The zero-order chi connectivity index (χ0) is 24.7. The molecule has 36 heavy (non-hydrogen) atoms. The summed E-state index contributed by atoms with van der Waals surface area (Å²) in [5, 5.41) is 23.2. The van der Waals surface area contributed by atoms with Gasteiger partial charge < -0.3 is 16.0 Å². The number of hydrogen-bond acceptors (Lipinski definition) is 7. The number of nitrogens with zero attached hydrogens (tertiary/aromatic N) is 5. The molecular formula is C27H32N8O. The van der Waals surface area contributed by atoms with E-state index in [2.05, 4.69) is 37.1 Å². The number of rotatable bonds is 11. The molecule has 2 heterocycles. The van der Waals surface area contributed by atoms with Gasteiger partial charge in [0, 0.05) is 29.3 Å². The SMILES string of the molecule is N#CCC(C1CCCC1)n1cc(-c2ccnc(Nc3ccc(NC(=O)CNCC4CC4)cc3)n2)cn1. The number of carbonyl (C=O) groups excluding carboxylic acids is 1. The molecule has 2 aliphatic rings. The second-order valence-corrected chi connectivity index (χ2v) is 9.77. The Morgan fingerprint density at radius 1 is 1.11 bits per heavy atom. The maximum atomic E-state index is 12.1. The summed E-state index contributed by atoms with van der Waals surface area (Å²) in [6, 6.07) is 11.8. The van der Waals surface area contributed by atoms with Crippen molar-refractivity contribution in [3.63, 3.8) is 0 Å². The first-order valence-corrected chi connectivity index (χ1v) is 12.8. The Kier molecular flexibility index (Phi) is 7.52. The average molecular weight is 485 g/mol. The van der Waals surface area contributed by atoms with Gasteiger partial charge >= 0.3 is 0 Å². The van der Waals surface area contributed by atoms with E-state index in [9.17, 15) is 10.1 Å². The fourth-order valence-electron chi connectivity index (χ4n) is 4.83. The molecule has 9 heteroatoms. The normalized spacial score (nSPS) is 16.4. The highest BCUT2D eigenvalue weighted by molar-refractivity contribution is 5.92. The van der Waals surface area contributed by atoms with Crippen LogP contribution in [0.25, 0.3) is 11.3 Å². The van der Waals surface area contributed by atoms with Crippen molar-refractivity contribution in [2.24, 2.45) is 11.8 Å². The number of nitriles is 1. The molecule has 0 bridgehead atoms. The minimum absolute atomic E-state index is 0.0436. The number of aromatic nitrogens is 4. The zero-order valence-corrected chi connectivity index (χ0v) is 20.4. The van der Waals surface area contributed by atoms with Gasteiger partial charge in [-0.05, 0) is 74.4 Å². The number of amides is 1. The maximum Gasteiger partial charge on any atom is 0.238 e. The van der Waals surface area contributed by atoms with Gasteiger partial charge in [0.25, 0.3) is 0 Å². The Bertz CT molecular complexity index is 1210. The lowest BCUT2D eigenvalue weighted by atomic mass is 9.96. The molecule has 9 nitrogen and oxygen atoms in total. The van der Waals surface area contributed by atoms with Gasteiger partial charge in [-0.25, -0.2) is 9.97 Å². The van der Waals surface area contributed by atoms with Crippen LogP contribution in [0.2, 0.25) is 0 Å². The van der Waals surface area contributed by atoms with Crippen molar-refractivity contribution in [1.29, 1.82) is 5.26 Å². The van der Waals surface area contributed by atoms with Crippen LogP contribution in [0.3, 0.4) is 0 Å². The summed E-state index contributed by atoms with van der Waals surface area (Å²) in [5.74, 6) is 1.69. The smallest absolute Gasteiger partial charge is 0.238 e. The molecule has 1 amide bonds. The highest BCUT2D eigenvalue weighted by Crippen LogP contribution is 2.36. The molecule has 2 saturated carbocycles.